The number of nitrogen functional groups attached to an aromatic ring is 1. The van der Waals surface area contributed by atoms with Gasteiger partial charge >= 0.3 is 0 Å². The normalized spacial score (nSPS) is 9.25. The second-order valence-electron chi connectivity index (χ2n) is 2.99. The van der Waals surface area contributed by atoms with Gasteiger partial charge in [-0.05, 0) is 6.07 Å². The van der Waals surface area contributed by atoms with Crippen LogP contribution in [0.5, 0.6) is 0 Å². The third-order valence-electron chi connectivity index (χ3n) is 1.94. The van der Waals surface area contributed by atoms with E-state index in [-0.39, 0.29) is 24.5 Å². The van der Waals surface area contributed by atoms with Crippen molar-refractivity contribution in [1.82, 2.24) is 0 Å². The Morgan fingerprint density at radius 1 is 1.19 bits per heavy atom. The second kappa shape index (κ2) is 4.94. The minimum absolute atomic E-state index is 0.0144. The zero-order valence-corrected chi connectivity index (χ0v) is 8.24. The van der Waals surface area contributed by atoms with Crippen LogP contribution in [0.4, 0.5) is 20.2 Å². The Morgan fingerprint density at radius 3 is 2.25 bits per heavy atom. The summed E-state index contributed by atoms with van der Waals surface area (Å²) >= 11 is 0. The first-order valence-corrected chi connectivity index (χ1v) is 4.33. The Labute approximate surface area is 91.1 Å². The van der Waals surface area contributed by atoms with Crippen LogP contribution in [0.15, 0.2) is 12.1 Å². The molecule has 0 aliphatic heterocycles. The molecule has 1 rings (SSSR count). The van der Waals surface area contributed by atoms with Gasteiger partial charge in [0, 0.05) is 6.07 Å². The molecule has 0 saturated heterocycles. The van der Waals surface area contributed by atoms with Gasteiger partial charge in [0.05, 0.1) is 23.5 Å². The number of benzene rings is 1. The largest absolute Gasteiger partial charge is 0.395 e. The van der Waals surface area contributed by atoms with Crippen molar-refractivity contribution < 1.29 is 8.78 Å². The van der Waals surface area contributed by atoms with Gasteiger partial charge in [0.1, 0.15) is 18.9 Å². The van der Waals surface area contributed by atoms with E-state index in [2.05, 4.69) is 0 Å². The van der Waals surface area contributed by atoms with Crippen molar-refractivity contribution in [3.8, 4) is 12.1 Å². The van der Waals surface area contributed by atoms with Gasteiger partial charge in [0.25, 0.3) is 0 Å². The average molecular weight is 222 g/mol. The first-order chi connectivity index (χ1) is 7.60. The molecular weight excluding hydrogens is 214 g/mol. The smallest absolute Gasteiger partial charge is 0.151 e. The monoisotopic (exact) mass is 222 g/mol. The molecule has 0 atom stereocenters. The third kappa shape index (κ3) is 2.37. The standard InChI is InChI=1S/C10H8F2N4/c11-7-5-8(12)10(15)9(6-7)16(3-1-13)4-2-14/h5-6H,3-4,15H2. The summed E-state index contributed by atoms with van der Waals surface area (Å²) in [5.41, 5.74) is 5.15. The summed E-state index contributed by atoms with van der Waals surface area (Å²) in [5, 5.41) is 17.0. The van der Waals surface area contributed by atoms with Crippen molar-refractivity contribution in [2.45, 2.75) is 0 Å². The number of halogens is 2. The summed E-state index contributed by atoms with van der Waals surface area (Å²) < 4.78 is 26.1. The Bertz CT molecular complexity index is 457. The lowest BCUT2D eigenvalue weighted by Gasteiger charge is -2.20. The SMILES string of the molecule is N#CCN(CC#N)c1cc(F)cc(F)c1N. The summed E-state index contributed by atoms with van der Waals surface area (Å²) in [4.78, 5) is 1.20. The van der Waals surface area contributed by atoms with Crippen molar-refractivity contribution in [1.29, 1.82) is 10.5 Å². The van der Waals surface area contributed by atoms with Crippen molar-refractivity contribution in [3.63, 3.8) is 0 Å². The molecule has 0 fully saturated rings. The Kier molecular flexibility index (Phi) is 3.62. The third-order valence-corrected chi connectivity index (χ3v) is 1.94. The highest BCUT2D eigenvalue weighted by molar-refractivity contribution is 5.69. The van der Waals surface area contributed by atoms with E-state index in [0.717, 1.165) is 6.07 Å². The lowest BCUT2D eigenvalue weighted by molar-refractivity contribution is 0.585. The molecule has 0 amide bonds. The minimum atomic E-state index is -0.907. The predicted molar refractivity (Wildman–Crippen MR) is 54.2 cm³/mol. The molecule has 0 radical (unpaired) electrons. The zero-order valence-electron chi connectivity index (χ0n) is 8.24. The number of rotatable bonds is 3. The number of nitrogens with zero attached hydrogens (tertiary/aromatic N) is 3. The van der Waals surface area contributed by atoms with Crippen LogP contribution in [0, 0.1) is 34.3 Å². The van der Waals surface area contributed by atoms with E-state index < -0.39 is 11.6 Å². The fraction of sp³-hybridized carbons (Fsp3) is 0.200. The van der Waals surface area contributed by atoms with Crippen molar-refractivity contribution >= 4 is 11.4 Å². The number of nitrogens with two attached hydrogens (primary N) is 1. The molecule has 16 heavy (non-hydrogen) atoms. The van der Waals surface area contributed by atoms with Crippen molar-refractivity contribution in [2.75, 3.05) is 23.7 Å². The van der Waals surface area contributed by atoms with Gasteiger partial charge in [-0.2, -0.15) is 10.5 Å². The van der Waals surface area contributed by atoms with Crippen LogP contribution in [0.2, 0.25) is 0 Å². The van der Waals surface area contributed by atoms with Crippen LogP contribution in [0.3, 0.4) is 0 Å². The molecule has 0 unspecified atom stereocenters. The van der Waals surface area contributed by atoms with Crippen LogP contribution in [-0.4, -0.2) is 13.1 Å². The maximum absolute atomic E-state index is 13.1. The average Bonchev–Trinajstić information content (AvgIpc) is 2.23. The van der Waals surface area contributed by atoms with E-state index in [9.17, 15) is 8.78 Å². The first-order valence-electron chi connectivity index (χ1n) is 4.33. The van der Waals surface area contributed by atoms with E-state index in [4.69, 9.17) is 16.3 Å². The Balaban J connectivity index is 3.19. The van der Waals surface area contributed by atoms with Gasteiger partial charge < -0.3 is 10.6 Å². The molecule has 1 aromatic carbocycles. The predicted octanol–water partition coefficient (Wildman–Crippen LogP) is 1.40. The highest BCUT2D eigenvalue weighted by Gasteiger charge is 2.14. The molecule has 0 heterocycles. The maximum Gasteiger partial charge on any atom is 0.151 e. The van der Waals surface area contributed by atoms with Crippen LogP contribution < -0.4 is 10.6 Å². The first kappa shape index (κ1) is 11.7. The molecule has 0 aliphatic carbocycles. The van der Waals surface area contributed by atoms with Gasteiger partial charge in [0.15, 0.2) is 5.82 Å². The fourth-order valence-corrected chi connectivity index (χ4v) is 1.23. The highest BCUT2D eigenvalue weighted by atomic mass is 19.1. The van der Waals surface area contributed by atoms with Gasteiger partial charge in [-0.15, -0.1) is 0 Å². The Morgan fingerprint density at radius 2 is 1.75 bits per heavy atom. The lowest BCUT2D eigenvalue weighted by Crippen LogP contribution is -2.25. The molecule has 0 aliphatic rings. The number of anilines is 2. The van der Waals surface area contributed by atoms with E-state index in [0.29, 0.717) is 6.07 Å². The molecule has 82 valence electrons. The maximum atomic E-state index is 13.1. The molecule has 0 spiro atoms. The zero-order chi connectivity index (χ0) is 12.1. The molecule has 1 aromatic rings. The second-order valence-corrected chi connectivity index (χ2v) is 2.99. The van der Waals surface area contributed by atoms with Gasteiger partial charge in [-0.25, -0.2) is 8.78 Å². The topological polar surface area (TPSA) is 76.8 Å². The van der Waals surface area contributed by atoms with Crippen LogP contribution in [-0.2, 0) is 0 Å². The molecule has 0 saturated carbocycles. The molecular formula is C10H8F2N4. The Hall–Kier alpha value is -2.34. The van der Waals surface area contributed by atoms with Gasteiger partial charge in [0.2, 0.25) is 0 Å². The van der Waals surface area contributed by atoms with Crippen molar-refractivity contribution in [2.24, 2.45) is 0 Å². The summed E-state index contributed by atoms with van der Waals surface area (Å²) in [6.45, 7) is -0.332. The molecule has 0 aromatic heterocycles. The van der Waals surface area contributed by atoms with E-state index >= 15 is 0 Å². The molecule has 0 bridgehead atoms. The summed E-state index contributed by atoms with van der Waals surface area (Å²) in [6.07, 6.45) is 0. The summed E-state index contributed by atoms with van der Waals surface area (Å²) in [5.74, 6) is -1.71. The lowest BCUT2D eigenvalue weighted by atomic mass is 10.2. The summed E-state index contributed by atoms with van der Waals surface area (Å²) in [7, 11) is 0. The number of hydrogen-bond acceptors (Lipinski definition) is 4. The molecule has 4 nitrogen and oxygen atoms in total. The number of nitriles is 2. The number of hydrogen-bond donors (Lipinski definition) is 1. The van der Waals surface area contributed by atoms with E-state index in [1.54, 1.807) is 12.1 Å². The quantitative estimate of drug-likeness (QED) is 0.619. The fourth-order valence-electron chi connectivity index (χ4n) is 1.23. The molecule has 6 heteroatoms. The van der Waals surface area contributed by atoms with E-state index in [1.807, 2.05) is 0 Å². The minimum Gasteiger partial charge on any atom is -0.395 e. The molecule has 2 N–H and O–H groups in total. The summed E-state index contributed by atoms with van der Waals surface area (Å²) in [6, 6.07) is 5.22. The van der Waals surface area contributed by atoms with Crippen LogP contribution in [0.25, 0.3) is 0 Å². The highest BCUT2D eigenvalue weighted by Crippen LogP contribution is 2.26. The van der Waals surface area contributed by atoms with Gasteiger partial charge in [-0.1, -0.05) is 0 Å². The van der Waals surface area contributed by atoms with E-state index in [1.165, 1.54) is 4.90 Å². The van der Waals surface area contributed by atoms with Gasteiger partial charge in [-0.3, -0.25) is 0 Å². The van der Waals surface area contributed by atoms with Crippen LogP contribution >= 0.6 is 0 Å². The van der Waals surface area contributed by atoms with Crippen LogP contribution in [0.1, 0.15) is 0 Å². The van der Waals surface area contributed by atoms with Crippen molar-refractivity contribution in [3.05, 3.63) is 23.8 Å².